The largest absolute Gasteiger partial charge is 0.493 e. The lowest BCUT2D eigenvalue weighted by molar-refractivity contribution is 0.0435. The predicted octanol–water partition coefficient (Wildman–Crippen LogP) is 2.68. The molecule has 24 heavy (non-hydrogen) atoms. The number of hydrogen-bond donors (Lipinski definition) is 2. The summed E-state index contributed by atoms with van der Waals surface area (Å²) in [6, 6.07) is 9.74. The van der Waals surface area contributed by atoms with Gasteiger partial charge in [-0.15, -0.1) is 0 Å². The van der Waals surface area contributed by atoms with Crippen molar-refractivity contribution in [3.8, 4) is 11.5 Å². The van der Waals surface area contributed by atoms with Gasteiger partial charge in [-0.05, 0) is 24.3 Å². The zero-order valence-corrected chi connectivity index (χ0v) is 13.0. The Hall–Kier alpha value is -3.22. The number of para-hydroxylation sites is 1. The first kappa shape index (κ1) is 15.7. The van der Waals surface area contributed by atoms with Crippen LogP contribution in [0, 0.1) is 0 Å². The van der Waals surface area contributed by atoms with Gasteiger partial charge in [0.1, 0.15) is 5.56 Å². The van der Waals surface area contributed by atoms with E-state index in [4.69, 9.17) is 14.2 Å². The van der Waals surface area contributed by atoms with E-state index in [1.54, 1.807) is 30.3 Å². The predicted molar refractivity (Wildman–Crippen MR) is 84.7 cm³/mol. The van der Waals surface area contributed by atoms with Gasteiger partial charge in [-0.3, -0.25) is 0 Å². The molecule has 124 valence electrons. The molecule has 0 unspecified atom stereocenters. The molecule has 2 aromatic rings. The molecule has 2 aromatic carbocycles. The van der Waals surface area contributed by atoms with Crippen LogP contribution in [0.4, 0.5) is 5.69 Å². The Morgan fingerprint density at radius 2 is 1.92 bits per heavy atom. The van der Waals surface area contributed by atoms with E-state index in [1.165, 1.54) is 20.3 Å². The second kappa shape index (κ2) is 6.11. The van der Waals surface area contributed by atoms with Crippen LogP contribution in [0.5, 0.6) is 11.5 Å². The molecule has 1 heterocycles. The number of benzene rings is 2. The molecule has 0 amide bonds. The lowest BCUT2D eigenvalue weighted by Crippen LogP contribution is -2.13. The molecule has 0 radical (unpaired) electrons. The number of carboxylic acids is 1. The first-order valence-corrected chi connectivity index (χ1v) is 7.11. The van der Waals surface area contributed by atoms with Crippen molar-refractivity contribution in [2.45, 2.75) is 6.23 Å². The van der Waals surface area contributed by atoms with Crippen molar-refractivity contribution in [3.63, 3.8) is 0 Å². The minimum atomic E-state index is -1.07. The van der Waals surface area contributed by atoms with Crippen LogP contribution in [-0.2, 0) is 4.74 Å². The number of aromatic carboxylic acids is 1. The molecule has 2 N–H and O–H groups in total. The quantitative estimate of drug-likeness (QED) is 0.814. The fourth-order valence-electron chi connectivity index (χ4n) is 2.64. The number of carbonyl (C=O) groups is 2. The van der Waals surface area contributed by atoms with E-state index >= 15 is 0 Å². The third-order valence-electron chi connectivity index (χ3n) is 3.73. The van der Waals surface area contributed by atoms with Crippen LogP contribution in [0.15, 0.2) is 36.4 Å². The molecule has 0 bridgehead atoms. The van der Waals surface area contributed by atoms with Crippen LogP contribution in [-0.4, -0.2) is 31.3 Å². The van der Waals surface area contributed by atoms with Crippen LogP contribution >= 0.6 is 0 Å². The number of fused-ring (bicyclic) bond motifs is 1. The summed E-state index contributed by atoms with van der Waals surface area (Å²) >= 11 is 0. The number of carboxylic acid groups (broad SMARTS) is 1. The van der Waals surface area contributed by atoms with Gasteiger partial charge in [0.25, 0.3) is 0 Å². The summed E-state index contributed by atoms with van der Waals surface area (Å²) in [6.45, 7) is 0. The number of rotatable bonds is 5. The Morgan fingerprint density at radius 1 is 1.17 bits per heavy atom. The van der Waals surface area contributed by atoms with Gasteiger partial charge in [0.2, 0.25) is 6.23 Å². The molecule has 7 nitrogen and oxygen atoms in total. The zero-order valence-electron chi connectivity index (χ0n) is 13.0. The molecule has 1 aliphatic rings. The maximum absolute atomic E-state index is 12.2. The number of nitrogens with one attached hydrogen (secondary N) is 1. The van der Waals surface area contributed by atoms with Crippen LogP contribution < -0.4 is 14.8 Å². The van der Waals surface area contributed by atoms with Crippen molar-refractivity contribution in [1.82, 2.24) is 0 Å². The minimum absolute atomic E-state index is 0.0856. The molecule has 1 aliphatic heterocycles. The van der Waals surface area contributed by atoms with Gasteiger partial charge in [0.05, 0.1) is 25.5 Å². The molecule has 0 saturated heterocycles. The molecular weight excluding hydrogens is 314 g/mol. The first-order chi connectivity index (χ1) is 11.6. The van der Waals surface area contributed by atoms with E-state index in [9.17, 15) is 14.7 Å². The van der Waals surface area contributed by atoms with E-state index < -0.39 is 18.2 Å². The van der Waals surface area contributed by atoms with Gasteiger partial charge in [-0.1, -0.05) is 12.1 Å². The Morgan fingerprint density at radius 3 is 2.58 bits per heavy atom. The van der Waals surface area contributed by atoms with Crippen LogP contribution in [0.2, 0.25) is 0 Å². The van der Waals surface area contributed by atoms with Gasteiger partial charge in [0.15, 0.2) is 11.5 Å². The lowest BCUT2D eigenvalue weighted by atomic mass is 10.1. The third-order valence-corrected chi connectivity index (χ3v) is 3.73. The highest BCUT2D eigenvalue weighted by atomic mass is 16.6. The van der Waals surface area contributed by atoms with Gasteiger partial charge in [-0.25, -0.2) is 9.59 Å². The van der Waals surface area contributed by atoms with Crippen LogP contribution in [0.3, 0.4) is 0 Å². The van der Waals surface area contributed by atoms with Gasteiger partial charge in [0, 0.05) is 5.56 Å². The molecule has 7 heteroatoms. The van der Waals surface area contributed by atoms with Gasteiger partial charge >= 0.3 is 11.9 Å². The summed E-state index contributed by atoms with van der Waals surface area (Å²) in [7, 11) is 2.91. The summed E-state index contributed by atoms with van der Waals surface area (Å²) in [6.07, 6.45) is -0.812. The van der Waals surface area contributed by atoms with Crippen LogP contribution in [0.1, 0.15) is 32.5 Å². The molecular formula is C17H15NO6. The summed E-state index contributed by atoms with van der Waals surface area (Å²) in [5.41, 5.74) is 1.26. The number of anilines is 1. The number of carbonyl (C=O) groups excluding carboxylic acids is 1. The Bertz CT molecular complexity index is 817. The van der Waals surface area contributed by atoms with Crippen molar-refractivity contribution in [3.05, 3.63) is 53.1 Å². The summed E-state index contributed by atoms with van der Waals surface area (Å²) in [4.78, 5) is 23.5. The van der Waals surface area contributed by atoms with Gasteiger partial charge < -0.3 is 24.6 Å². The summed E-state index contributed by atoms with van der Waals surface area (Å²) < 4.78 is 15.8. The highest BCUT2D eigenvalue weighted by Gasteiger charge is 2.36. The van der Waals surface area contributed by atoms with Crippen molar-refractivity contribution >= 4 is 17.6 Å². The van der Waals surface area contributed by atoms with E-state index in [0.29, 0.717) is 17.0 Å². The molecule has 1 atom stereocenters. The molecule has 0 aromatic heterocycles. The second-order valence-corrected chi connectivity index (χ2v) is 5.05. The van der Waals surface area contributed by atoms with E-state index in [1.807, 2.05) is 0 Å². The first-order valence-electron chi connectivity index (χ1n) is 7.11. The third kappa shape index (κ3) is 2.50. The Labute approximate surface area is 137 Å². The van der Waals surface area contributed by atoms with E-state index in [-0.39, 0.29) is 16.9 Å². The summed E-state index contributed by atoms with van der Waals surface area (Å²) in [5.74, 6) is -0.934. The van der Waals surface area contributed by atoms with Crippen molar-refractivity contribution < 1.29 is 28.9 Å². The average molecular weight is 329 g/mol. The lowest BCUT2D eigenvalue weighted by Gasteiger charge is -2.16. The SMILES string of the molecule is COc1ccc2c(c1OC)C(=O)O[C@H]2Nc1ccccc1C(=O)O. The van der Waals surface area contributed by atoms with E-state index in [0.717, 1.165) is 0 Å². The topological polar surface area (TPSA) is 94.1 Å². The normalized spacial score (nSPS) is 15.4. The summed E-state index contributed by atoms with van der Waals surface area (Å²) in [5, 5.41) is 12.2. The maximum Gasteiger partial charge on any atom is 0.344 e. The number of hydrogen-bond acceptors (Lipinski definition) is 6. The smallest absolute Gasteiger partial charge is 0.344 e. The molecule has 0 spiro atoms. The number of esters is 1. The zero-order chi connectivity index (χ0) is 17.3. The van der Waals surface area contributed by atoms with E-state index in [2.05, 4.69) is 5.32 Å². The van der Waals surface area contributed by atoms with Gasteiger partial charge in [-0.2, -0.15) is 0 Å². The van der Waals surface area contributed by atoms with Crippen molar-refractivity contribution in [2.24, 2.45) is 0 Å². The minimum Gasteiger partial charge on any atom is -0.493 e. The Balaban J connectivity index is 2.01. The van der Waals surface area contributed by atoms with Crippen LogP contribution in [0.25, 0.3) is 0 Å². The monoisotopic (exact) mass is 329 g/mol. The molecule has 0 saturated carbocycles. The fourth-order valence-corrected chi connectivity index (χ4v) is 2.64. The fraction of sp³-hybridized carbons (Fsp3) is 0.176. The molecule has 0 fully saturated rings. The van der Waals surface area contributed by atoms with Crippen molar-refractivity contribution in [2.75, 3.05) is 19.5 Å². The average Bonchev–Trinajstić information content (AvgIpc) is 2.90. The number of cyclic esters (lactones) is 1. The maximum atomic E-state index is 12.2. The van der Waals surface area contributed by atoms with Crippen molar-refractivity contribution in [1.29, 1.82) is 0 Å². The standard InChI is InChI=1S/C17H15NO6/c1-22-12-8-7-10-13(14(12)23-2)17(21)24-15(10)18-11-6-4-3-5-9(11)16(19)20/h3-8,15,18H,1-2H3,(H,19,20)/t15-/m1/s1. The number of ether oxygens (including phenoxy) is 3. The Kier molecular flexibility index (Phi) is 3.99. The molecule has 0 aliphatic carbocycles. The highest BCUT2D eigenvalue weighted by Crippen LogP contribution is 2.42. The number of methoxy groups -OCH3 is 2. The second-order valence-electron chi connectivity index (χ2n) is 5.05. The highest BCUT2D eigenvalue weighted by molar-refractivity contribution is 5.99. The molecule has 3 rings (SSSR count).